The van der Waals surface area contributed by atoms with Crippen LogP contribution >= 0.6 is 15.9 Å². The van der Waals surface area contributed by atoms with Crippen molar-refractivity contribution >= 4 is 26.8 Å². The number of nitrogens with zero attached hydrogens (tertiary/aromatic N) is 3. The zero-order valence-electron chi connectivity index (χ0n) is 23.7. The first-order valence-corrected chi connectivity index (χ1v) is 14.6. The normalized spacial score (nSPS) is 13.5. The summed E-state index contributed by atoms with van der Waals surface area (Å²) in [7, 11) is 1.69. The Morgan fingerprint density at radius 2 is 1.95 bits per heavy atom. The van der Waals surface area contributed by atoms with Crippen LogP contribution in [0.5, 0.6) is 11.5 Å². The zero-order valence-corrected chi connectivity index (χ0v) is 25.3. The molecule has 0 aliphatic carbocycles. The van der Waals surface area contributed by atoms with Crippen LogP contribution in [0, 0.1) is 24.0 Å². The van der Waals surface area contributed by atoms with Gasteiger partial charge in [-0.15, -0.1) is 12.3 Å². The summed E-state index contributed by atoms with van der Waals surface area (Å²) in [6, 6.07) is 14.8. The molecule has 222 valence electrons. The predicted octanol–water partition coefficient (Wildman–Crippen LogP) is 7.32. The number of rotatable bonds is 11. The van der Waals surface area contributed by atoms with Crippen molar-refractivity contribution in [1.82, 2.24) is 19.7 Å². The number of H-pyrrole nitrogens is 1. The number of aliphatic hydroxyl groups is 2. The topological polar surface area (TPSA) is 96.2 Å². The molecule has 0 radical (unpaired) electrons. The van der Waals surface area contributed by atoms with Crippen molar-refractivity contribution in [3.63, 3.8) is 0 Å². The minimum Gasteiger partial charge on any atom is -0.454 e. The molecule has 0 aliphatic rings. The van der Waals surface area contributed by atoms with Crippen LogP contribution in [0.2, 0.25) is 0 Å². The lowest BCUT2D eigenvalue weighted by molar-refractivity contribution is 0.0945. The third kappa shape index (κ3) is 6.07. The van der Waals surface area contributed by atoms with Crippen LogP contribution in [-0.2, 0) is 12.5 Å². The molecule has 0 amide bonds. The summed E-state index contributed by atoms with van der Waals surface area (Å²) in [4.78, 5) is 7.72. The summed E-state index contributed by atoms with van der Waals surface area (Å²) in [5, 5.41) is 25.4. The number of nitrogens with one attached hydrogen (secondary N) is 1. The molecule has 0 spiro atoms. The van der Waals surface area contributed by atoms with E-state index >= 15 is 8.78 Å². The monoisotopic (exact) mass is 648 g/mol. The van der Waals surface area contributed by atoms with E-state index in [2.05, 4.69) is 33.8 Å². The van der Waals surface area contributed by atoms with Crippen molar-refractivity contribution in [2.75, 3.05) is 6.61 Å². The average Bonchev–Trinajstić information content (AvgIpc) is 3.62. The molecule has 0 aliphatic heterocycles. The second kappa shape index (κ2) is 12.7. The number of hydrogen-bond acceptors (Lipinski definition) is 5. The summed E-state index contributed by atoms with van der Waals surface area (Å²) >= 11 is 3.56. The van der Waals surface area contributed by atoms with Crippen molar-refractivity contribution in [2.45, 2.75) is 44.1 Å². The lowest BCUT2D eigenvalue weighted by atomic mass is 9.77. The Morgan fingerprint density at radius 1 is 1.14 bits per heavy atom. The molecule has 2 atom stereocenters. The molecule has 0 bridgehead atoms. The maximum absolute atomic E-state index is 15.3. The van der Waals surface area contributed by atoms with Gasteiger partial charge in [-0.2, -0.15) is 5.10 Å². The first kappa shape index (κ1) is 30.4. The molecule has 5 aromatic rings. The molecule has 0 saturated heterocycles. The molecule has 10 heteroatoms. The van der Waals surface area contributed by atoms with Crippen LogP contribution in [0.25, 0.3) is 22.3 Å². The Hall–Kier alpha value is -4.04. The number of ether oxygens (including phenoxy) is 1. The van der Waals surface area contributed by atoms with Crippen molar-refractivity contribution < 1.29 is 23.7 Å². The number of aromatic nitrogens is 4. The largest absolute Gasteiger partial charge is 0.454 e. The lowest BCUT2D eigenvalue weighted by Crippen LogP contribution is -2.25. The van der Waals surface area contributed by atoms with Crippen LogP contribution < -0.4 is 4.74 Å². The predicted molar refractivity (Wildman–Crippen MR) is 165 cm³/mol. The number of hydrogen-bond donors (Lipinski definition) is 3. The van der Waals surface area contributed by atoms with Gasteiger partial charge in [-0.3, -0.25) is 0 Å². The summed E-state index contributed by atoms with van der Waals surface area (Å²) in [6.45, 7) is 1.42. The Labute approximate surface area is 256 Å². The summed E-state index contributed by atoms with van der Waals surface area (Å²) in [5.74, 6) is 2.00. The van der Waals surface area contributed by atoms with Crippen LogP contribution in [0.4, 0.5) is 8.78 Å². The van der Waals surface area contributed by atoms with Crippen LogP contribution in [-0.4, -0.2) is 36.6 Å². The van der Waals surface area contributed by atoms with Crippen LogP contribution in [0.3, 0.4) is 0 Å². The van der Waals surface area contributed by atoms with E-state index in [-0.39, 0.29) is 28.5 Å². The molecule has 43 heavy (non-hydrogen) atoms. The highest BCUT2D eigenvalue weighted by molar-refractivity contribution is 9.10. The fraction of sp³-hybridized carbons (Fsp3) is 0.273. The Bertz CT molecular complexity index is 1810. The molecule has 0 saturated carbocycles. The summed E-state index contributed by atoms with van der Waals surface area (Å²) < 4.78 is 38.9. The number of unbranched alkanes of at least 4 members (excludes halogenated alkanes) is 2. The second-order valence-electron chi connectivity index (χ2n) is 10.6. The van der Waals surface area contributed by atoms with E-state index in [0.717, 1.165) is 29.3 Å². The third-order valence-electron chi connectivity index (χ3n) is 7.67. The van der Waals surface area contributed by atoms with Crippen molar-refractivity contribution in [1.29, 1.82) is 0 Å². The number of terminal acetylenes is 1. The SMILES string of the molecule is C#CCCCCC(C)(c1cccc(Br)c1)c1nc(-c2cc(Oc3c(F)cc4[nH]ccc4c3C(O)CO)ccc2F)n(C)n1. The van der Waals surface area contributed by atoms with Crippen LogP contribution in [0.15, 0.2) is 65.3 Å². The second-order valence-corrected chi connectivity index (χ2v) is 11.5. The average molecular weight is 650 g/mol. The quantitative estimate of drug-likeness (QED) is 0.103. The van der Waals surface area contributed by atoms with E-state index in [1.54, 1.807) is 19.3 Å². The van der Waals surface area contributed by atoms with E-state index in [4.69, 9.17) is 21.2 Å². The zero-order chi connectivity index (χ0) is 30.7. The van der Waals surface area contributed by atoms with Gasteiger partial charge in [0.1, 0.15) is 17.7 Å². The van der Waals surface area contributed by atoms with Gasteiger partial charge < -0.3 is 19.9 Å². The highest BCUT2D eigenvalue weighted by Gasteiger charge is 2.34. The number of fused-ring (bicyclic) bond motifs is 1. The van der Waals surface area contributed by atoms with Crippen molar-refractivity contribution in [3.05, 3.63) is 93.9 Å². The van der Waals surface area contributed by atoms with Gasteiger partial charge in [-0.05, 0) is 61.7 Å². The molecule has 2 unspecified atom stereocenters. The number of aromatic amines is 1. The maximum atomic E-state index is 15.3. The first-order chi connectivity index (χ1) is 20.7. The van der Waals surface area contributed by atoms with E-state index in [9.17, 15) is 10.2 Å². The van der Waals surface area contributed by atoms with E-state index < -0.39 is 29.8 Å². The Morgan fingerprint density at radius 3 is 2.70 bits per heavy atom. The van der Waals surface area contributed by atoms with E-state index in [0.29, 0.717) is 23.1 Å². The molecular formula is C33H31BrF2N4O3. The maximum Gasteiger partial charge on any atom is 0.169 e. The van der Waals surface area contributed by atoms with Gasteiger partial charge in [0, 0.05) is 46.7 Å². The highest BCUT2D eigenvalue weighted by Crippen LogP contribution is 2.40. The fourth-order valence-corrected chi connectivity index (χ4v) is 5.74. The molecule has 2 aromatic heterocycles. The molecule has 7 nitrogen and oxygen atoms in total. The minimum absolute atomic E-state index is 0.0835. The van der Waals surface area contributed by atoms with E-state index in [1.807, 2.05) is 24.3 Å². The Balaban J connectivity index is 1.55. The minimum atomic E-state index is -1.40. The van der Waals surface area contributed by atoms with Gasteiger partial charge in [0.15, 0.2) is 23.2 Å². The number of halogens is 3. The fourth-order valence-electron chi connectivity index (χ4n) is 5.34. The van der Waals surface area contributed by atoms with Gasteiger partial charge in [0.2, 0.25) is 0 Å². The molecule has 0 fully saturated rings. The van der Waals surface area contributed by atoms with Gasteiger partial charge in [-0.1, -0.05) is 34.5 Å². The number of aliphatic hydroxyl groups excluding tert-OH is 2. The standard InChI is InChI=1S/C33H31BrF2N4O3/c1-4-5-6-7-14-33(2,20-9-8-10-21(34)16-20)32-38-31(40(3)39-32)24-17-22(11-12-25(24)35)43-30-26(36)18-27-23(13-15-37-27)29(30)28(42)19-41/h1,8-13,15-18,28,37,41-42H,5-7,14,19H2,2-3H3. The number of benzene rings is 3. The van der Waals surface area contributed by atoms with Gasteiger partial charge in [-0.25, -0.2) is 18.4 Å². The Kier molecular flexibility index (Phi) is 8.97. The third-order valence-corrected chi connectivity index (χ3v) is 8.17. The molecular weight excluding hydrogens is 618 g/mol. The number of aryl methyl sites for hydroxylation is 1. The van der Waals surface area contributed by atoms with Crippen LogP contribution in [0.1, 0.15) is 55.7 Å². The smallest absolute Gasteiger partial charge is 0.169 e. The molecule has 3 N–H and O–H groups in total. The highest BCUT2D eigenvalue weighted by atomic mass is 79.9. The summed E-state index contributed by atoms with van der Waals surface area (Å²) in [5.41, 5.74) is 1.04. The van der Waals surface area contributed by atoms with Gasteiger partial charge in [0.25, 0.3) is 0 Å². The molecule has 3 aromatic carbocycles. The van der Waals surface area contributed by atoms with Crippen molar-refractivity contribution in [3.8, 4) is 35.2 Å². The van der Waals surface area contributed by atoms with Gasteiger partial charge in [0.05, 0.1) is 17.6 Å². The van der Waals surface area contributed by atoms with E-state index in [1.165, 1.54) is 28.9 Å². The lowest BCUT2D eigenvalue weighted by Gasteiger charge is -2.27. The first-order valence-electron chi connectivity index (χ1n) is 13.8. The van der Waals surface area contributed by atoms with Crippen molar-refractivity contribution in [2.24, 2.45) is 7.05 Å². The van der Waals surface area contributed by atoms with Gasteiger partial charge >= 0.3 is 0 Å². The molecule has 2 heterocycles. The summed E-state index contributed by atoms with van der Waals surface area (Å²) in [6.07, 6.45) is 8.75. The molecule has 5 rings (SSSR count).